The van der Waals surface area contributed by atoms with Gasteiger partial charge in [0.15, 0.2) is 0 Å². The fraction of sp³-hybridized carbons (Fsp3) is 0.333. The van der Waals surface area contributed by atoms with Crippen LogP contribution in [-0.4, -0.2) is 57.6 Å². The summed E-state index contributed by atoms with van der Waals surface area (Å²) in [6, 6.07) is 8.81. The molecule has 5 rings (SSSR count). The zero-order valence-electron chi connectivity index (χ0n) is 20.5. The quantitative estimate of drug-likeness (QED) is 0.444. The van der Waals surface area contributed by atoms with Crippen molar-refractivity contribution in [2.24, 2.45) is 5.92 Å². The Kier molecular flexibility index (Phi) is 7.31. The molecule has 0 aliphatic carbocycles. The van der Waals surface area contributed by atoms with Gasteiger partial charge in [0.25, 0.3) is 0 Å². The molecule has 1 unspecified atom stereocenters. The molecule has 0 radical (unpaired) electrons. The number of nitrogens with one attached hydrogen (secondary N) is 1. The monoisotopic (exact) mass is 575 g/mol. The van der Waals surface area contributed by atoms with Crippen molar-refractivity contribution in [3.8, 4) is 6.07 Å². The molecule has 2 aliphatic heterocycles. The van der Waals surface area contributed by atoms with E-state index in [1.165, 1.54) is 6.20 Å². The molecule has 0 saturated heterocycles. The lowest BCUT2D eigenvalue weighted by atomic mass is 9.92. The van der Waals surface area contributed by atoms with Gasteiger partial charge in [0.1, 0.15) is 6.54 Å². The fourth-order valence-electron chi connectivity index (χ4n) is 5.31. The van der Waals surface area contributed by atoms with Crippen LogP contribution in [-0.2, 0) is 22.6 Å². The minimum absolute atomic E-state index is 0.0837. The number of carbonyl (C=O) groups is 2. The first-order valence-corrected chi connectivity index (χ1v) is 13.0. The van der Waals surface area contributed by atoms with Gasteiger partial charge in [-0.3, -0.25) is 14.7 Å². The second-order valence-corrected chi connectivity index (χ2v) is 10.5. The van der Waals surface area contributed by atoms with Crippen LogP contribution in [0.5, 0.6) is 0 Å². The smallest absolute Gasteiger partial charge is 0.339 e. The molecule has 12 heteroatoms. The van der Waals surface area contributed by atoms with E-state index in [0.717, 1.165) is 16.0 Å². The number of amides is 2. The van der Waals surface area contributed by atoms with Crippen molar-refractivity contribution in [2.45, 2.75) is 32.0 Å². The van der Waals surface area contributed by atoms with E-state index >= 15 is 0 Å². The SMILES string of the molecule is N#Cc1cc(Cl)ccc1C1=CCN(C(=O)CC2Cc3cc(Cl)c4[nH]ncc4c3CN(CC(F)(F)F)C2=O)CC1. The molecule has 3 heterocycles. The molecule has 0 bridgehead atoms. The van der Waals surface area contributed by atoms with E-state index in [1.807, 2.05) is 6.08 Å². The summed E-state index contributed by atoms with van der Waals surface area (Å²) in [6.45, 7) is -1.07. The van der Waals surface area contributed by atoms with E-state index in [-0.39, 0.29) is 31.8 Å². The van der Waals surface area contributed by atoms with Crippen LogP contribution in [0.25, 0.3) is 16.5 Å². The number of fused-ring (bicyclic) bond motifs is 3. The number of nitriles is 1. The molecular weight excluding hydrogens is 554 g/mol. The summed E-state index contributed by atoms with van der Waals surface area (Å²) < 4.78 is 40.3. The third kappa shape index (κ3) is 5.60. The lowest BCUT2D eigenvalue weighted by Crippen LogP contribution is -2.43. The molecule has 2 amide bonds. The van der Waals surface area contributed by atoms with Crippen LogP contribution in [0.3, 0.4) is 0 Å². The van der Waals surface area contributed by atoms with Gasteiger partial charge in [-0.1, -0.05) is 35.3 Å². The number of rotatable bonds is 4. The van der Waals surface area contributed by atoms with Gasteiger partial charge in [-0.05, 0) is 53.3 Å². The minimum atomic E-state index is -4.60. The van der Waals surface area contributed by atoms with Crippen LogP contribution in [0.4, 0.5) is 13.2 Å². The summed E-state index contributed by atoms with van der Waals surface area (Å²) in [5, 5.41) is 17.5. The molecule has 0 fully saturated rings. The van der Waals surface area contributed by atoms with Crippen LogP contribution >= 0.6 is 23.2 Å². The Hall–Kier alpha value is -3.55. The summed E-state index contributed by atoms with van der Waals surface area (Å²) in [5.74, 6) is -2.03. The number of carbonyl (C=O) groups excluding carboxylic acids is 2. The Morgan fingerprint density at radius 1 is 1.26 bits per heavy atom. The maximum Gasteiger partial charge on any atom is 0.406 e. The molecule has 202 valence electrons. The molecular formula is C27H22Cl2F3N5O2. The highest BCUT2D eigenvalue weighted by Crippen LogP contribution is 2.35. The predicted octanol–water partition coefficient (Wildman–Crippen LogP) is 5.51. The number of hydrogen-bond acceptors (Lipinski definition) is 4. The maximum atomic E-state index is 13.4. The number of alkyl halides is 3. The molecule has 2 aromatic carbocycles. The second-order valence-electron chi connectivity index (χ2n) is 9.69. The average Bonchev–Trinajstić information content (AvgIpc) is 3.35. The largest absolute Gasteiger partial charge is 0.406 e. The summed E-state index contributed by atoms with van der Waals surface area (Å²) in [5.41, 5.74) is 3.73. The highest BCUT2D eigenvalue weighted by atomic mass is 35.5. The first-order valence-electron chi connectivity index (χ1n) is 12.2. The van der Waals surface area contributed by atoms with Crippen molar-refractivity contribution < 1.29 is 22.8 Å². The molecule has 1 aromatic heterocycles. The minimum Gasteiger partial charge on any atom is -0.339 e. The molecule has 0 saturated carbocycles. The zero-order valence-corrected chi connectivity index (χ0v) is 22.0. The Labute approximate surface area is 231 Å². The Balaban J connectivity index is 1.38. The Morgan fingerprint density at radius 3 is 2.74 bits per heavy atom. The second kappa shape index (κ2) is 10.5. The van der Waals surface area contributed by atoms with Crippen LogP contribution < -0.4 is 0 Å². The predicted molar refractivity (Wildman–Crippen MR) is 140 cm³/mol. The summed E-state index contributed by atoms with van der Waals surface area (Å²) in [6.07, 6.45) is -0.938. The van der Waals surface area contributed by atoms with Crippen molar-refractivity contribution in [3.63, 3.8) is 0 Å². The van der Waals surface area contributed by atoms with Gasteiger partial charge in [0.2, 0.25) is 11.8 Å². The number of halogens is 5. The van der Waals surface area contributed by atoms with E-state index in [9.17, 15) is 28.0 Å². The molecule has 2 aliphatic rings. The van der Waals surface area contributed by atoms with Crippen LogP contribution in [0, 0.1) is 17.2 Å². The highest BCUT2D eigenvalue weighted by molar-refractivity contribution is 6.35. The first-order chi connectivity index (χ1) is 18.5. The van der Waals surface area contributed by atoms with Gasteiger partial charge >= 0.3 is 6.18 Å². The van der Waals surface area contributed by atoms with Crippen molar-refractivity contribution >= 4 is 51.5 Å². The molecule has 1 N–H and O–H groups in total. The van der Waals surface area contributed by atoms with Gasteiger partial charge in [-0.15, -0.1) is 0 Å². The lowest BCUT2D eigenvalue weighted by Gasteiger charge is -2.29. The number of H-pyrrole nitrogens is 1. The van der Waals surface area contributed by atoms with Crippen LogP contribution in [0.1, 0.15) is 35.1 Å². The van der Waals surface area contributed by atoms with Crippen LogP contribution in [0.2, 0.25) is 10.0 Å². The third-order valence-corrected chi connectivity index (χ3v) is 7.70. The number of nitrogens with zero attached hydrogens (tertiary/aromatic N) is 4. The van der Waals surface area contributed by atoms with E-state index < -0.39 is 24.5 Å². The number of aromatic nitrogens is 2. The van der Waals surface area contributed by atoms with Gasteiger partial charge in [0, 0.05) is 36.5 Å². The molecule has 0 spiro atoms. The van der Waals surface area contributed by atoms with Gasteiger partial charge in [0.05, 0.1) is 34.3 Å². The van der Waals surface area contributed by atoms with Gasteiger partial charge < -0.3 is 9.80 Å². The number of aromatic amines is 1. The van der Waals surface area contributed by atoms with Crippen LogP contribution in [0.15, 0.2) is 36.5 Å². The third-order valence-electron chi connectivity index (χ3n) is 7.17. The summed E-state index contributed by atoms with van der Waals surface area (Å²) in [7, 11) is 0. The highest BCUT2D eigenvalue weighted by Gasteiger charge is 2.39. The van der Waals surface area contributed by atoms with Crippen molar-refractivity contribution in [1.29, 1.82) is 5.26 Å². The topological polar surface area (TPSA) is 93.1 Å². The van der Waals surface area contributed by atoms with Crippen molar-refractivity contribution in [1.82, 2.24) is 20.0 Å². The maximum absolute atomic E-state index is 13.4. The first kappa shape index (κ1) is 27.0. The normalized spacial score (nSPS) is 18.0. The standard InChI is InChI=1S/C27H22Cl2F3N5O2/c28-19-1-2-20(18(8-19)11-33)15-3-5-36(6-4-15)24(38)10-17-7-16-9-23(29)25-21(12-34-35-25)22(16)13-37(26(17)39)14-27(30,31)32/h1-3,8-9,12,17H,4-7,10,13-14H2,(H,34,35). The number of hydrogen-bond donors (Lipinski definition) is 1. The van der Waals surface area contributed by atoms with E-state index in [4.69, 9.17) is 23.2 Å². The molecule has 1 atom stereocenters. The van der Waals surface area contributed by atoms with Gasteiger partial charge in [-0.2, -0.15) is 23.5 Å². The Morgan fingerprint density at radius 2 is 2.05 bits per heavy atom. The average molecular weight is 576 g/mol. The van der Waals surface area contributed by atoms with Gasteiger partial charge in [-0.25, -0.2) is 0 Å². The number of benzene rings is 2. The van der Waals surface area contributed by atoms with Crippen molar-refractivity contribution in [3.05, 3.63) is 68.8 Å². The lowest BCUT2D eigenvalue weighted by molar-refractivity contribution is -0.165. The molecule has 39 heavy (non-hydrogen) atoms. The fourth-order valence-corrected chi connectivity index (χ4v) is 5.76. The van der Waals surface area contributed by atoms with E-state index in [0.29, 0.717) is 50.6 Å². The zero-order chi connectivity index (χ0) is 27.9. The Bertz CT molecular complexity index is 1540. The molecule has 3 aromatic rings. The van der Waals surface area contributed by atoms with Crippen molar-refractivity contribution in [2.75, 3.05) is 19.6 Å². The van der Waals surface area contributed by atoms with E-state index in [2.05, 4.69) is 16.3 Å². The van der Waals surface area contributed by atoms with E-state index in [1.54, 1.807) is 29.2 Å². The summed E-state index contributed by atoms with van der Waals surface area (Å²) in [4.78, 5) is 29.0. The molecule has 7 nitrogen and oxygen atoms in total. The summed E-state index contributed by atoms with van der Waals surface area (Å²) >= 11 is 12.4.